The Labute approximate surface area is 116 Å². The molecular weight excluding hydrogens is 290 g/mol. The van der Waals surface area contributed by atoms with Crippen molar-refractivity contribution in [3.63, 3.8) is 0 Å². The summed E-state index contributed by atoms with van der Waals surface area (Å²) >= 11 is 3.53. The van der Waals surface area contributed by atoms with E-state index in [1.54, 1.807) is 0 Å². The highest BCUT2D eigenvalue weighted by molar-refractivity contribution is 9.09. The third-order valence-electron chi connectivity index (χ3n) is 4.30. The predicted octanol–water partition coefficient (Wildman–Crippen LogP) is 3.10. The van der Waals surface area contributed by atoms with Crippen LogP contribution in [0.25, 0.3) is 0 Å². The summed E-state index contributed by atoms with van der Waals surface area (Å²) in [5.74, 6) is 0.357. The van der Waals surface area contributed by atoms with Crippen molar-refractivity contribution in [3.05, 3.63) is 35.9 Å². The Bertz CT molecular complexity index is 441. The molecule has 3 heteroatoms. The lowest BCUT2D eigenvalue weighted by molar-refractivity contribution is -0.134. The molecule has 1 aromatic rings. The van der Waals surface area contributed by atoms with Gasteiger partial charge in [-0.25, -0.2) is 0 Å². The van der Waals surface area contributed by atoms with Gasteiger partial charge in [-0.15, -0.1) is 0 Å². The highest BCUT2D eigenvalue weighted by Gasteiger charge is 2.54. The normalized spacial score (nSPS) is 25.2. The minimum atomic E-state index is -0.188. The summed E-state index contributed by atoms with van der Waals surface area (Å²) in [7, 11) is 0. The van der Waals surface area contributed by atoms with Gasteiger partial charge in [0.25, 0.3) is 0 Å². The number of benzene rings is 1. The average Bonchev–Trinajstić information content (AvgIpc) is 3.10. The fourth-order valence-electron chi connectivity index (χ4n) is 3.05. The third kappa shape index (κ3) is 1.89. The van der Waals surface area contributed by atoms with Gasteiger partial charge < -0.3 is 4.90 Å². The summed E-state index contributed by atoms with van der Waals surface area (Å²) in [6.45, 7) is 0.934. The predicted molar refractivity (Wildman–Crippen MR) is 75.9 cm³/mol. The van der Waals surface area contributed by atoms with Crippen molar-refractivity contribution >= 4 is 21.8 Å². The molecule has 0 bridgehead atoms. The number of hydrogen-bond acceptors (Lipinski definition) is 1. The van der Waals surface area contributed by atoms with Gasteiger partial charge in [-0.2, -0.15) is 0 Å². The van der Waals surface area contributed by atoms with Gasteiger partial charge in [0, 0.05) is 17.9 Å². The highest BCUT2D eigenvalue weighted by Crippen LogP contribution is 2.50. The summed E-state index contributed by atoms with van der Waals surface area (Å²) < 4.78 is 0. The number of halogens is 1. The number of nitrogens with zero attached hydrogens (tertiary/aromatic N) is 1. The van der Waals surface area contributed by atoms with E-state index < -0.39 is 0 Å². The maximum Gasteiger partial charge on any atom is 0.233 e. The van der Waals surface area contributed by atoms with Gasteiger partial charge in [-0.1, -0.05) is 46.3 Å². The second-order valence-corrected chi connectivity index (χ2v) is 6.04. The number of carbonyl (C=O) groups excluding carboxylic acids is 1. The quantitative estimate of drug-likeness (QED) is 0.786. The van der Waals surface area contributed by atoms with E-state index >= 15 is 0 Å². The molecule has 1 amide bonds. The number of rotatable bonds is 3. The Morgan fingerprint density at radius 1 is 1.33 bits per heavy atom. The minimum absolute atomic E-state index is 0.188. The van der Waals surface area contributed by atoms with Crippen LogP contribution in [-0.2, 0) is 10.2 Å². The van der Waals surface area contributed by atoms with Crippen molar-refractivity contribution < 1.29 is 4.79 Å². The van der Waals surface area contributed by atoms with E-state index in [1.807, 2.05) is 18.2 Å². The molecule has 18 heavy (non-hydrogen) atoms. The number of likely N-dealkylation sites (tertiary alicyclic amines) is 1. The molecule has 2 nitrogen and oxygen atoms in total. The van der Waals surface area contributed by atoms with Crippen LogP contribution in [0.2, 0.25) is 0 Å². The van der Waals surface area contributed by atoms with E-state index in [0.717, 1.165) is 37.6 Å². The van der Waals surface area contributed by atoms with Crippen LogP contribution in [0.3, 0.4) is 0 Å². The number of hydrogen-bond donors (Lipinski definition) is 0. The van der Waals surface area contributed by atoms with E-state index in [4.69, 9.17) is 0 Å². The maximum atomic E-state index is 12.8. The van der Waals surface area contributed by atoms with Crippen LogP contribution in [0.15, 0.2) is 30.3 Å². The molecule has 0 radical (unpaired) electrons. The fraction of sp³-hybridized carbons (Fsp3) is 0.533. The van der Waals surface area contributed by atoms with Crippen molar-refractivity contribution in [1.29, 1.82) is 0 Å². The van der Waals surface area contributed by atoms with Crippen LogP contribution < -0.4 is 0 Å². The lowest BCUT2D eigenvalue weighted by atomic mass is 9.94. The molecule has 1 saturated heterocycles. The molecule has 1 heterocycles. The van der Waals surface area contributed by atoms with Crippen LogP contribution >= 0.6 is 15.9 Å². The smallest absolute Gasteiger partial charge is 0.233 e. The first-order valence-electron chi connectivity index (χ1n) is 6.70. The Kier molecular flexibility index (Phi) is 3.18. The van der Waals surface area contributed by atoms with Gasteiger partial charge in [0.05, 0.1) is 5.41 Å². The topological polar surface area (TPSA) is 20.3 Å². The lowest BCUT2D eigenvalue weighted by Crippen LogP contribution is -2.43. The van der Waals surface area contributed by atoms with Crippen LogP contribution in [0.1, 0.15) is 31.2 Å². The van der Waals surface area contributed by atoms with Crippen LogP contribution in [0, 0.1) is 0 Å². The van der Waals surface area contributed by atoms with Crippen LogP contribution in [-0.4, -0.2) is 28.7 Å². The lowest BCUT2D eigenvalue weighted by Gasteiger charge is -2.28. The number of carbonyl (C=O) groups is 1. The van der Waals surface area contributed by atoms with E-state index in [-0.39, 0.29) is 5.41 Å². The molecular formula is C15H18BrNO. The van der Waals surface area contributed by atoms with Gasteiger partial charge in [0.1, 0.15) is 0 Å². The van der Waals surface area contributed by atoms with E-state index in [1.165, 1.54) is 5.56 Å². The molecule has 2 aliphatic rings. The van der Waals surface area contributed by atoms with Gasteiger partial charge in [-0.3, -0.25) is 4.79 Å². The molecule has 96 valence electrons. The Morgan fingerprint density at radius 3 is 2.67 bits per heavy atom. The number of amides is 1. The SMILES string of the molecule is O=C(N1CCCC1CBr)C1(c2ccccc2)CC1. The molecule has 1 unspecified atom stereocenters. The van der Waals surface area contributed by atoms with E-state index in [9.17, 15) is 4.79 Å². The summed E-state index contributed by atoms with van der Waals surface area (Å²) in [6, 6.07) is 10.7. The second-order valence-electron chi connectivity index (χ2n) is 5.40. The second kappa shape index (κ2) is 4.69. The van der Waals surface area contributed by atoms with Crippen molar-refractivity contribution in [3.8, 4) is 0 Å². The third-order valence-corrected chi connectivity index (χ3v) is 5.05. The summed E-state index contributed by atoms with van der Waals surface area (Å²) in [5.41, 5.74) is 1.02. The largest absolute Gasteiger partial charge is 0.338 e. The zero-order chi connectivity index (χ0) is 12.6. The standard InChI is InChI=1S/C15H18BrNO/c16-11-13-7-4-10-17(13)14(18)15(8-9-15)12-5-2-1-3-6-12/h1-3,5-6,13H,4,7-11H2. The number of alkyl halides is 1. The zero-order valence-electron chi connectivity index (χ0n) is 10.4. The minimum Gasteiger partial charge on any atom is -0.338 e. The molecule has 1 aliphatic heterocycles. The van der Waals surface area contributed by atoms with E-state index in [0.29, 0.717) is 11.9 Å². The molecule has 0 N–H and O–H groups in total. The summed E-state index contributed by atoms with van der Waals surface area (Å²) in [6.07, 6.45) is 4.32. The first-order valence-corrected chi connectivity index (χ1v) is 7.83. The van der Waals surface area contributed by atoms with Crippen molar-refractivity contribution in [2.45, 2.75) is 37.1 Å². The Hall–Kier alpha value is -0.830. The Morgan fingerprint density at radius 2 is 2.06 bits per heavy atom. The zero-order valence-corrected chi connectivity index (χ0v) is 12.0. The first kappa shape index (κ1) is 12.2. The highest BCUT2D eigenvalue weighted by atomic mass is 79.9. The molecule has 1 saturated carbocycles. The van der Waals surface area contributed by atoms with Crippen molar-refractivity contribution in [1.82, 2.24) is 4.90 Å². The van der Waals surface area contributed by atoms with Crippen LogP contribution in [0.4, 0.5) is 0 Å². The molecule has 0 aromatic heterocycles. The monoisotopic (exact) mass is 307 g/mol. The van der Waals surface area contributed by atoms with Gasteiger partial charge in [-0.05, 0) is 31.2 Å². The maximum absolute atomic E-state index is 12.8. The van der Waals surface area contributed by atoms with Gasteiger partial charge >= 0.3 is 0 Å². The fourth-order valence-corrected chi connectivity index (χ4v) is 3.72. The average molecular weight is 308 g/mol. The molecule has 1 aromatic carbocycles. The molecule has 1 atom stereocenters. The molecule has 0 spiro atoms. The molecule has 1 aliphatic carbocycles. The van der Waals surface area contributed by atoms with Crippen LogP contribution in [0.5, 0.6) is 0 Å². The van der Waals surface area contributed by atoms with Gasteiger partial charge in [0.2, 0.25) is 5.91 Å². The summed E-state index contributed by atoms with van der Waals surface area (Å²) in [4.78, 5) is 14.9. The molecule has 2 fully saturated rings. The summed E-state index contributed by atoms with van der Waals surface area (Å²) in [5, 5.41) is 0.906. The van der Waals surface area contributed by atoms with Crippen molar-refractivity contribution in [2.75, 3.05) is 11.9 Å². The molecule has 3 rings (SSSR count). The van der Waals surface area contributed by atoms with E-state index in [2.05, 4.69) is 33.0 Å². The Balaban J connectivity index is 1.84. The van der Waals surface area contributed by atoms with Gasteiger partial charge in [0.15, 0.2) is 0 Å². The first-order chi connectivity index (χ1) is 8.78. The van der Waals surface area contributed by atoms with Crippen molar-refractivity contribution in [2.24, 2.45) is 0 Å².